The molecule has 1 aromatic carbocycles. The van der Waals surface area contributed by atoms with Crippen molar-refractivity contribution in [2.75, 3.05) is 0 Å². The van der Waals surface area contributed by atoms with E-state index in [1.807, 2.05) is 36.4 Å². The van der Waals surface area contributed by atoms with E-state index in [0.29, 0.717) is 10.0 Å². The van der Waals surface area contributed by atoms with Crippen LogP contribution in [0, 0.1) is 0 Å². The zero-order valence-corrected chi connectivity index (χ0v) is 9.91. The van der Waals surface area contributed by atoms with Crippen LogP contribution in [0.5, 0.6) is 0 Å². The van der Waals surface area contributed by atoms with Gasteiger partial charge >= 0.3 is 0 Å². The molecule has 1 aromatic heterocycles. The average Bonchev–Trinajstić information content (AvgIpc) is 2.29. The molecule has 0 unspecified atom stereocenters. The summed E-state index contributed by atoms with van der Waals surface area (Å²) in [6.07, 6.45) is 7.44. The standard InChI is InChI=1S/C13H9Cl2N/c14-12-6-5-11(13(15)8-12)4-3-10-2-1-7-16-9-10/h1-9H/b4-3+. The van der Waals surface area contributed by atoms with Crippen molar-refractivity contribution < 1.29 is 0 Å². The van der Waals surface area contributed by atoms with E-state index in [4.69, 9.17) is 23.2 Å². The van der Waals surface area contributed by atoms with Crippen LogP contribution in [0.3, 0.4) is 0 Å². The van der Waals surface area contributed by atoms with Gasteiger partial charge in [-0.05, 0) is 29.3 Å². The molecule has 1 nitrogen and oxygen atoms in total. The number of aromatic nitrogens is 1. The Kier molecular flexibility index (Phi) is 3.60. The van der Waals surface area contributed by atoms with Gasteiger partial charge in [0, 0.05) is 22.4 Å². The lowest BCUT2D eigenvalue weighted by atomic mass is 10.2. The first-order valence-electron chi connectivity index (χ1n) is 4.79. The second-order valence-electron chi connectivity index (χ2n) is 3.29. The first-order chi connectivity index (χ1) is 7.75. The fourth-order valence-electron chi connectivity index (χ4n) is 1.30. The molecule has 0 bridgehead atoms. The minimum atomic E-state index is 0.642. The van der Waals surface area contributed by atoms with E-state index in [1.165, 1.54) is 0 Å². The highest BCUT2D eigenvalue weighted by molar-refractivity contribution is 6.35. The Morgan fingerprint density at radius 1 is 1.06 bits per heavy atom. The van der Waals surface area contributed by atoms with E-state index >= 15 is 0 Å². The zero-order chi connectivity index (χ0) is 11.4. The molecule has 0 radical (unpaired) electrons. The van der Waals surface area contributed by atoms with Crippen LogP contribution >= 0.6 is 23.2 Å². The molecule has 2 rings (SSSR count). The van der Waals surface area contributed by atoms with Gasteiger partial charge in [0.2, 0.25) is 0 Å². The van der Waals surface area contributed by atoms with Crippen LogP contribution in [0.15, 0.2) is 42.7 Å². The van der Waals surface area contributed by atoms with E-state index in [2.05, 4.69) is 4.98 Å². The van der Waals surface area contributed by atoms with Crippen molar-refractivity contribution in [2.45, 2.75) is 0 Å². The fourth-order valence-corrected chi connectivity index (χ4v) is 1.77. The van der Waals surface area contributed by atoms with Crippen LogP contribution in [0.2, 0.25) is 10.0 Å². The lowest BCUT2D eigenvalue weighted by Crippen LogP contribution is -1.76. The second-order valence-corrected chi connectivity index (χ2v) is 4.13. The van der Waals surface area contributed by atoms with E-state index in [-0.39, 0.29) is 0 Å². The normalized spacial score (nSPS) is 10.9. The van der Waals surface area contributed by atoms with Crippen LogP contribution in [0.4, 0.5) is 0 Å². The van der Waals surface area contributed by atoms with Crippen LogP contribution in [0.1, 0.15) is 11.1 Å². The smallest absolute Gasteiger partial charge is 0.0493 e. The third-order valence-electron chi connectivity index (χ3n) is 2.10. The summed E-state index contributed by atoms with van der Waals surface area (Å²) in [6, 6.07) is 9.30. The Hall–Kier alpha value is -1.31. The lowest BCUT2D eigenvalue weighted by Gasteiger charge is -1.98. The highest BCUT2D eigenvalue weighted by Gasteiger charge is 1.96. The summed E-state index contributed by atoms with van der Waals surface area (Å²) in [5.41, 5.74) is 1.98. The van der Waals surface area contributed by atoms with Crippen molar-refractivity contribution in [2.24, 2.45) is 0 Å². The molecule has 0 spiro atoms. The van der Waals surface area contributed by atoms with Gasteiger partial charge in [-0.1, -0.05) is 47.5 Å². The Morgan fingerprint density at radius 2 is 1.94 bits per heavy atom. The van der Waals surface area contributed by atoms with Gasteiger partial charge in [-0.3, -0.25) is 4.98 Å². The van der Waals surface area contributed by atoms with Gasteiger partial charge in [0.25, 0.3) is 0 Å². The van der Waals surface area contributed by atoms with Crippen molar-refractivity contribution in [1.82, 2.24) is 4.98 Å². The number of halogens is 2. The van der Waals surface area contributed by atoms with Crippen molar-refractivity contribution in [3.8, 4) is 0 Å². The van der Waals surface area contributed by atoms with Gasteiger partial charge in [-0.2, -0.15) is 0 Å². The summed E-state index contributed by atoms with van der Waals surface area (Å²) >= 11 is 11.9. The molecule has 0 N–H and O–H groups in total. The van der Waals surface area contributed by atoms with E-state index in [0.717, 1.165) is 11.1 Å². The third-order valence-corrected chi connectivity index (χ3v) is 2.66. The van der Waals surface area contributed by atoms with Crippen LogP contribution < -0.4 is 0 Å². The van der Waals surface area contributed by atoms with E-state index < -0.39 is 0 Å². The Balaban J connectivity index is 2.24. The molecule has 0 aliphatic rings. The monoisotopic (exact) mass is 249 g/mol. The largest absolute Gasteiger partial charge is 0.264 e. The highest BCUT2D eigenvalue weighted by Crippen LogP contribution is 2.22. The van der Waals surface area contributed by atoms with Crippen LogP contribution in [-0.2, 0) is 0 Å². The van der Waals surface area contributed by atoms with E-state index in [9.17, 15) is 0 Å². The number of nitrogens with zero attached hydrogens (tertiary/aromatic N) is 1. The zero-order valence-electron chi connectivity index (χ0n) is 8.40. The third kappa shape index (κ3) is 2.84. The molecule has 0 atom stereocenters. The molecule has 0 aliphatic heterocycles. The maximum atomic E-state index is 6.04. The Bertz CT molecular complexity index is 507. The number of rotatable bonds is 2. The molecule has 0 fully saturated rings. The number of hydrogen-bond acceptors (Lipinski definition) is 1. The predicted octanol–water partition coefficient (Wildman–Crippen LogP) is 4.56. The summed E-state index contributed by atoms with van der Waals surface area (Å²) < 4.78 is 0. The van der Waals surface area contributed by atoms with Crippen LogP contribution in [-0.4, -0.2) is 4.98 Å². The van der Waals surface area contributed by atoms with Crippen LogP contribution in [0.25, 0.3) is 12.2 Å². The SMILES string of the molecule is Clc1ccc(/C=C/c2cccnc2)c(Cl)c1. The maximum absolute atomic E-state index is 6.04. The number of benzene rings is 1. The first-order valence-corrected chi connectivity index (χ1v) is 5.54. The van der Waals surface area contributed by atoms with E-state index in [1.54, 1.807) is 18.5 Å². The summed E-state index contributed by atoms with van der Waals surface area (Å²) in [6.45, 7) is 0. The molecule has 0 amide bonds. The molecule has 1 heterocycles. The van der Waals surface area contributed by atoms with Gasteiger partial charge in [0.1, 0.15) is 0 Å². The van der Waals surface area contributed by atoms with Gasteiger partial charge in [0.05, 0.1) is 0 Å². The summed E-state index contributed by atoms with van der Waals surface area (Å²) in [5.74, 6) is 0. The highest BCUT2D eigenvalue weighted by atomic mass is 35.5. The first kappa shape index (κ1) is 11.2. The summed E-state index contributed by atoms with van der Waals surface area (Å²) in [5, 5.41) is 1.29. The van der Waals surface area contributed by atoms with Crippen molar-refractivity contribution >= 4 is 35.4 Å². The number of hydrogen-bond donors (Lipinski definition) is 0. The second kappa shape index (κ2) is 5.15. The van der Waals surface area contributed by atoms with Gasteiger partial charge in [-0.15, -0.1) is 0 Å². The average molecular weight is 250 g/mol. The molecule has 0 aliphatic carbocycles. The lowest BCUT2D eigenvalue weighted by molar-refractivity contribution is 1.32. The Labute approximate surface area is 104 Å². The number of pyridine rings is 1. The van der Waals surface area contributed by atoms with Crippen molar-refractivity contribution in [1.29, 1.82) is 0 Å². The Morgan fingerprint density at radius 3 is 2.62 bits per heavy atom. The van der Waals surface area contributed by atoms with Gasteiger partial charge in [0.15, 0.2) is 0 Å². The molecular formula is C13H9Cl2N. The maximum Gasteiger partial charge on any atom is 0.0493 e. The minimum absolute atomic E-state index is 0.642. The molecule has 0 saturated carbocycles. The van der Waals surface area contributed by atoms with Gasteiger partial charge < -0.3 is 0 Å². The molecular weight excluding hydrogens is 241 g/mol. The quantitative estimate of drug-likeness (QED) is 0.761. The predicted molar refractivity (Wildman–Crippen MR) is 69.6 cm³/mol. The minimum Gasteiger partial charge on any atom is -0.264 e. The molecule has 80 valence electrons. The molecule has 3 heteroatoms. The summed E-state index contributed by atoms with van der Waals surface area (Å²) in [7, 11) is 0. The molecule has 16 heavy (non-hydrogen) atoms. The van der Waals surface area contributed by atoms with Crippen molar-refractivity contribution in [3.63, 3.8) is 0 Å². The summed E-state index contributed by atoms with van der Waals surface area (Å²) in [4.78, 5) is 4.03. The molecule has 0 saturated heterocycles. The fraction of sp³-hybridized carbons (Fsp3) is 0. The van der Waals surface area contributed by atoms with Crippen molar-refractivity contribution in [3.05, 3.63) is 63.9 Å². The van der Waals surface area contributed by atoms with Gasteiger partial charge in [-0.25, -0.2) is 0 Å². The topological polar surface area (TPSA) is 12.9 Å². The molecule has 2 aromatic rings.